The van der Waals surface area contributed by atoms with Crippen molar-refractivity contribution in [3.8, 4) is 10.6 Å². The van der Waals surface area contributed by atoms with Crippen molar-refractivity contribution in [1.82, 2.24) is 24.7 Å². The van der Waals surface area contributed by atoms with Crippen molar-refractivity contribution in [3.05, 3.63) is 52.6 Å². The smallest absolute Gasteiger partial charge is 0.378 e. The van der Waals surface area contributed by atoms with E-state index in [4.69, 9.17) is 9.26 Å². The summed E-state index contributed by atoms with van der Waals surface area (Å²) in [5, 5.41) is 9.99. The highest BCUT2D eigenvalue weighted by molar-refractivity contribution is 7.13. The van der Waals surface area contributed by atoms with E-state index >= 15 is 0 Å². The summed E-state index contributed by atoms with van der Waals surface area (Å²) >= 11 is 1.54. The standard InChI is InChI=1S/C16H13N5O3S/c1-9-6-10(2)21-16(17-9)18-14(19-21)15(22)23-8-11-7-12(24-20-11)13-4-3-5-25-13/h3-7H,8H2,1-2H3. The molecule has 0 spiro atoms. The van der Waals surface area contributed by atoms with Gasteiger partial charge in [-0.2, -0.15) is 4.98 Å². The molecule has 9 heteroatoms. The lowest BCUT2D eigenvalue weighted by atomic mass is 10.3. The van der Waals surface area contributed by atoms with Crippen LogP contribution in [0.25, 0.3) is 16.4 Å². The Morgan fingerprint density at radius 3 is 3.00 bits per heavy atom. The van der Waals surface area contributed by atoms with Gasteiger partial charge in [0.2, 0.25) is 0 Å². The summed E-state index contributed by atoms with van der Waals surface area (Å²) in [4.78, 5) is 21.5. The monoisotopic (exact) mass is 355 g/mol. The van der Waals surface area contributed by atoms with Crippen LogP contribution >= 0.6 is 11.3 Å². The lowest BCUT2D eigenvalue weighted by Crippen LogP contribution is -2.08. The highest BCUT2D eigenvalue weighted by Gasteiger charge is 2.17. The van der Waals surface area contributed by atoms with Crippen LogP contribution in [0.5, 0.6) is 0 Å². The van der Waals surface area contributed by atoms with E-state index in [1.54, 1.807) is 17.4 Å². The Kier molecular flexibility index (Phi) is 3.77. The molecule has 0 atom stereocenters. The number of aryl methyl sites for hydroxylation is 2. The van der Waals surface area contributed by atoms with Crippen LogP contribution in [0.15, 0.2) is 34.2 Å². The Balaban J connectivity index is 1.48. The van der Waals surface area contributed by atoms with E-state index in [0.29, 0.717) is 17.2 Å². The molecular weight excluding hydrogens is 342 g/mol. The Morgan fingerprint density at radius 1 is 1.32 bits per heavy atom. The van der Waals surface area contributed by atoms with Gasteiger partial charge in [0.15, 0.2) is 5.76 Å². The highest BCUT2D eigenvalue weighted by atomic mass is 32.1. The van der Waals surface area contributed by atoms with Crippen LogP contribution in [0.2, 0.25) is 0 Å². The predicted octanol–water partition coefficient (Wildman–Crippen LogP) is 2.81. The van der Waals surface area contributed by atoms with Crippen molar-refractivity contribution in [2.45, 2.75) is 20.5 Å². The molecule has 0 saturated carbocycles. The maximum absolute atomic E-state index is 12.2. The number of ether oxygens (including phenoxy) is 1. The molecule has 126 valence electrons. The first-order chi connectivity index (χ1) is 12.1. The lowest BCUT2D eigenvalue weighted by molar-refractivity contribution is 0.0450. The third-order valence-corrected chi connectivity index (χ3v) is 4.36. The summed E-state index contributed by atoms with van der Waals surface area (Å²) in [5.41, 5.74) is 2.16. The Bertz CT molecular complexity index is 1050. The number of thiophene rings is 1. The summed E-state index contributed by atoms with van der Waals surface area (Å²) in [5.74, 6) is 0.333. The summed E-state index contributed by atoms with van der Waals surface area (Å²) < 4.78 is 12.0. The normalized spacial score (nSPS) is 11.1. The fourth-order valence-electron chi connectivity index (χ4n) is 2.37. The fourth-order valence-corrected chi connectivity index (χ4v) is 3.04. The van der Waals surface area contributed by atoms with Crippen molar-refractivity contribution in [3.63, 3.8) is 0 Å². The van der Waals surface area contributed by atoms with Crippen molar-refractivity contribution < 1.29 is 14.1 Å². The second kappa shape index (κ2) is 6.10. The molecule has 4 aromatic heterocycles. The van der Waals surface area contributed by atoms with E-state index < -0.39 is 5.97 Å². The molecule has 0 N–H and O–H groups in total. The minimum atomic E-state index is -0.636. The predicted molar refractivity (Wildman–Crippen MR) is 89.2 cm³/mol. The van der Waals surface area contributed by atoms with E-state index in [9.17, 15) is 4.79 Å². The van der Waals surface area contributed by atoms with Crippen LogP contribution in [0.1, 0.15) is 27.7 Å². The number of rotatable bonds is 4. The molecule has 4 heterocycles. The second-order valence-corrected chi connectivity index (χ2v) is 6.37. The number of fused-ring (bicyclic) bond motifs is 1. The number of esters is 1. The molecule has 0 aliphatic heterocycles. The molecule has 0 fully saturated rings. The number of carbonyl (C=O) groups excluding carboxylic acids is 1. The third kappa shape index (κ3) is 3.01. The van der Waals surface area contributed by atoms with Gasteiger partial charge in [0, 0.05) is 17.5 Å². The van der Waals surface area contributed by atoms with Gasteiger partial charge in [0.25, 0.3) is 11.6 Å². The highest BCUT2D eigenvalue weighted by Crippen LogP contribution is 2.25. The molecule has 0 bridgehead atoms. The van der Waals surface area contributed by atoms with Gasteiger partial charge in [-0.15, -0.1) is 16.4 Å². The molecule has 0 aliphatic rings. The first-order valence-electron chi connectivity index (χ1n) is 7.48. The summed E-state index contributed by atoms with van der Waals surface area (Å²) in [6, 6.07) is 7.46. The van der Waals surface area contributed by atoms with Crippen molar-refractivity contribution in [2.24, 2.45) is 0 Å². The average Bonchev–Trinajstić information content (AvgIpc) is 3.31. The number of carbonyl (C=O) groups is 1. The summed E-state index contributed by atoms with van der Waals surface area (Å²) in [6.45, 7) is 3.71. The SMILES string of the molecule is Cc1cc(C)n2nc(C(=O)OCc3cc(-c4cccs4)on3)nc2n1. The van der Waals surface area contributed by atoms with E-state index in [1.165, 1.54) is 4.52 Å². The van der Waals surface area contributed by atoms with Gasteiger partial charge in [-0.1, -0.05) is 11.2 Å². The third-order valence-electron chi connectivity index (χ3n) is 3.47. The van der Waals surface area contributed by atoms with Crippen molar-refractivity contribution in [1.29, 1.82) is 0 Å². The Hall–Kier alpha value is -3.07. The van der Waals surface area contributed by atoms with Gasteiger partial charge in [-0.3, -0.25) is 0 Å². The number of hydrogen-bond donors (Lipinski definition) is 0. The molecular formula is C16H13N5O3S. The Morgan fingerprint density at radius 2 is 2.20 bits per heavy atom. The first-order valence-corrected chi connectivity index (χ1v) is 8.36. The zero-order chi connectivity index (χ0) is 17.4. The number of hydrogen-bond acceptors (Lipinski definition) is 8. The van der Waals surface area contributed by atoms with Crippen LogP contribution in [-0.4, -0.2) is 30.7 Å². The van der Waals surface area contributed by atoms with Crippen molar-refractivity contribution >= 4 is 23.1 Å². The molecule has 8 nitrogen and oxygen atoms in total. The second-order valence-electron chi connectivity index (χ2n) is 5.42. The largest absolute Gasteiger partial charge is 0.453 e. The topological polar surface area (TPSA) is 95.4 Å². The lowest BCUT2D eigenvalue weighted by Gasteiger charge is -1.98. The zero-order valence-corrected chi connectivity index (χ0v) is 14.3. The van der Waals surface area contributed by atoms with Gasteiger partial charge in [0.1, 0.15) is 12.3 Å². The van der Waals surface area contributed by atoms with Crippen LogP contribution in [-0.2, 0) is 11.3 Å². The molecule has 0 radical (unpaired) electrons. The van der Waals surface area contributed by atoms with Crippen molar-refractivity contribution in [2.75, 3.05) is 0 Å². The molecule has 4 aromatic rings. The fraction of sp³-hybridized carbons (Fsp3) is 0.188. The maximum atomic E-state index is 12.2. The van der Waals surface area contributed by atoms with Crippen LogP contribution < -0.4 is 0 Å². The molecule has 0 saturated heterocycles. The maximum Gasteiger partial charge on any atom is 0.378 e. The molecule has 0 aromatic carbocycles. The van der Waals surface area contributed by atoms with E-state index in [-0.39, 0.29) is 12.4 Å². The minimum Gasteiger partial charge on any atom is -0.453 e. The number of nitrogens with zero attached hydrogens (tertiary/aromatic N) is 5. The van der Waals surface area contributed by atoms with Crippen LogP contribution in [0.3, 0.4) is 0 Å². The summed E-state index contributed by atoms with van der Waals surface area (Å²) in [7, 11) is 0. The average molecular weight is 355 g/mol. The van der Waals surface area contributed by atoms with Crippen LogP contribution in [0.4, 0.5) is 0 Å². The summed E-state index contributed by atoms with van der Waals surface area (Å²) in [6.07, 6.45) is 0. The first kappa shape index (κ1) is 15.5. The van der Waals surface area contributed by atoms with Gasteiger partial charge < -0.3 is 9.26 Å². The number of aromatic nitrogens is 5. The van der Waals surface area contributed by atoms with Gasteiger partial charge in [0.05, 0.1) is 4.88 Å². The quantitative estimate of drug-likeness (QED) is 0.519. The van der Waals surface area contributed by atoms with Gasteiger partial charge >= 0.3 is 5.97 Å². The minimum absolute atomic E-state index is 0.0191. The zero-order valence-electron chi connectivity index (χ0n) is 13.5. The van der Waals surface area contributed by atoms with Crippen LogP contribution in [0, 0.1) is 13.8 Å². The molecule has 4 rings (SSSR count). The van der Waals surface area contributed by atoms with Gasteiger partial charge in [-0.25, -0.2) is 14.3 Å². The van der Waals surface area contributed by atoms with Gasteiger partial charge in [-0.05, 0) is 31.4 Å². The molecule has 0 amide bonds. The van der Waals surface area contributed by atoms with E-state index in [1.807, 2.05) is 37.4 Å². The molecule has 0 unspecified atom stereocenters. The van der Waals surface area contributed by atoms with E-state index in [0.717, 1.165) is 16.3 Å². The Labute approximate surface area is 146 Å². The molecule has 0 aliphatic carbocycles. The molecule has 25 heavy (non-hydrogen) atoms. The van der Waals surface area contributed by atoms with E-state index in [2.05, 4.69) is 20.2 Å².